The van der Waals surface area contributed by atoms with Gasteiger partial charge in [0.2, 0.25) is 0 Å². The van der Waals surface area contributed by atoms with E-state index in [-0.39, 0.29) is 13.2 Å². The Bertz CT molecular complexity index is 580. The summed E-state index contributed by atoms with van der Waals surface area (Å²) in [5, 5.41) is 18.4. The van der Waals surface area contributed by atoms with Crippen molar-refractivity contribution in [2.45, 2.75) is 26.4 Å². The van der Waals surface area contributed by atoms with E-state index >= 15 is 0 Å². The maximum Gasteiger partial charge on any atom is 0.340 e. The molecule has 1 aromatic rings. The van der Waals surface area contributed by atoms with Crippen LogP contribution in [0.1, 0.15) is 30.6 Å². The van der Waals surface area contributed by atoms with Gasteiger partial charge in [-0.25, -0.2) is 0 Å². The maximum atomic E-state index is 13.0. The van der Waals surface area contributed by atoms with Gasteiger partial charge in [-0.15, -0.1) is 0 Å². The van der Waals surface area contributed by atoms with Crippen LogP contribution < -0.4 is 0 Å². The highest BCUT2D eigenvalue weighted by atomic mass is 31.2. The first-order valence-electron chi connectivity index (χ1n) is 6.77. The molecule has 0 amide bonds. The minimum absolute atomic E-state index is 0.184. The summed E-state index contributed by atoms with van der Waals surface area (Å²) in [4.78, 5) is 0. The molecule has 6 heteroatoms. The fourth-order valence-corrected chi connectivity index (χ4v) is 4.28. The van der Waals surface area contributed by atoms with E-state index in [4.69, 9.17) is 9.05 Å². The van der Waals surface area contributed by atoms with Crippen LogP contribution in [0.4, 0.5) is 0 Å². The molecule has 0 bridgehead atoms. The average molecular weight is 306 g/mol. The number of rotatable bonds is 7. The van der Waals surface area contributed by atoms with Gasteiger partial charge in [0.25, 0.3) is 0 Å². The van der Waals surface area contributed by atoms with Gasteiger partial charge in [0, 0.05) is 0 Å². The van der Waals surface area contributed by atoms with E-state index in [0.717, 1.165) is 5.56 Å². The lowest BCUT2D eigenvalue weighted by Gasteiger charge is -2.27. The van der Waals surface area contributed by atoms with Crippen molar-refractivity contribution >= 4 is 7.60 Å². The smallest absolute Gasteiger partial charge is 0.308 e. The van der Waals surface area contributed by atoms with Crippen LogP contribution in [0.3, 0.4) is 0 Å². The summed E-state index contributed by atoms with van der Waals surface area (Å²) in [7, 11) is -3.61. The second-order valence-corrected chi connectivity index (χ2v) is 6.62. The molecule has 0 aliphatic rings. The van der Waals surface area contributed by atoms with Gasteiger partial charge in [0.05, 0.1) is 25.4 Å². The molecule has 1 unspecified atom stereocenters. The largest absolute Gasteiger partial charge is 0.340 e. The lowest BCUT2D eigenvalue weighted by Crippen LogP contribution is -2.14. The summed E-state index contributed by atoms with van der Waals surface area (Å²) < 4.78 is 23.7. The van der Waals surface area contributed by atoms with E-state index in [1.54, 1.807) is 32.0 Å². The van der Waals surface area contributed by atoms with Gasteiger partial charge >= 0.3 is 7.60 Å². The Labute approximate surface area is 125 Å². The third-order valence-corrected chi connectivity index (χ3v) is 5.45. The fourth-order valence-electron chi connectivity index (χ4n) is 2.14. The third kappa shape index (κ3) is 4.16. The molecule has 0 saturated carbocycles. The molecular formula is C15H19N2O3P. The Hall–Kier alpha value is -1.65. The van der Waals surface area contributed by atoms with Gasteiger partial charge in [-0.1, -0.05) is 29.8 Å². The predicted molar refractivity (Wildman–Crippen MR) is 79.5 cm³/mol. The standard InChI is InChI=1S/C15H19N2O3P/c1-4-19-21(18,20-5-2)15(14(10-16)11-17)13-8-6-7-12(3)9-13/h6-9,14-15H,4-5H2,1-3H3. The zero-order chi connectivity index (χ0) is 15.9. The lowest BCUT2D eigenvalue weighted by molar-refractivity contribution is 0.209. The quantitative estimate of drug-likeness (QED) is 0.712. The summed E-state index contributed by atoms with van der Waals surface area (Å²) in [6.07, 6.45) is 0. The average Bonchev–Trinajstić information content (AvgIpc) is 2.44. The zero-order valence-corrected chi connectivity index (χ0v) is 13.3. The number of aryl methyl sites for hydroxylation is 1. The SMILES string of the molecule is CCOP(=O)(OCC)C(c1cccc(C)c1)C(C#N)C#N. The minimum atomic E-state index is -3.61. The second-order valence-electron chi connectivity index (χ2n) is 4.47. The number of hydrogen-bond donors (Lipinski definition) is 0. The van der Waals surface area contributed by atoms with Gasteiger partial charge in [-0.2, -0.15) is 10.5 Å². The highest BCUT2D eigenvalue weighted by molar-refractivity contribution is 7.54. The molecule has 5 nitrogen and oxygen atoms in total. The molecule has 0 N–H and O–H groups in total. The number of benzene rings is 1. The second kappa shape index (κ2) is 7.96. The lowest BCUT2D eigenvalue weighted by atomic mass is 10.00. The van der Waals surface area contributed by atoms with Gasteiger partial charge < -0.3 is 9.05 Å². The van der Waals surface area contributed by atoms with E-state index in [9.17, 15) is 15.1 Å². The van der Waals surface area contributed by atoms with Crippen LogP contribution in [0.2, 0.25) is 0 Å². The molecule has 0 fully saturated rings. The van der Waals surface area contributed by atoms with Crippen LogP contribution in [0, 0.1) is 35.5 Å². The molecule has 1 atom stereocenters. The van der Waals surface area contributed by atoms with Crippen molar-refractivity contribution in [3.8, 4) is 12.1 Å². The molecule has 21 heavy (non-hydrogen) atoms. The summed E-state index contributed by atoms with van der Waals surface area (Å²) in [5.41, 5.74) is 0.660. The Morgan fingerprint density at radius 3 is 2.19 bits per heavy atom. The van der Waals surface area contributed by atoms with Gasteiger partial charge in [-0.3, -0.25) is 4.57 Å². The van der Waals surface area contributed by atoms with Gasteiger partial charge in [0.1, 0.15) is 5.66 Å². The molecule has 0 heterocycles. The normalized spacial score (nSPS) is 12.7. The van der Waals surface area contributed by atoms with Gasteiger partial charge in [0.15, 0.2) is 5.92 Å². The van der Waals surface area contributed by atoms with Crippen molar-refractivity contribution in [1.29, 1.82) is 10.5 Å². The summed E-state index contributed by atoms with van der Waals surface area (Å²) in [6.45, 7) is 5.66. The van der Waals surface area contributed by atoms with E-state index in [1.165, 1.54) is 0 Å². The van der Waals surface area contributed by atoms with Crippen LogP contribution in [-0.2, 0) is 13.6 Å². The first kappa shape index (κ1) is 17.4. The highest BCUT2D eigenvalue weighted by Gasteiger charge is 2.43. The van der Waals surface area contributed by atoms with Crippen LogP contribution >= 0.6 is 7.60 Å². The number of nitrogens with zero attached hydrogens (tertiary/aromatic N) is 2. The summed E-state index contributed by atoms with van der Waals surface area (Å²) in [6, 6.07) is 11.0. The van der Waals surface area contributed by atoms with Crippen molar-refractivity contribution in [3.05, 3.63) is 35.4 Å². The monoisotopic (exact) mass is 306 g/mol. The van der Waals surface area contributed by atoms with E-state index in [2.05, 4.69) is 0 Å². The van der Waals surface area contributed by atoms with E-state index in [0.29, 0.717) is 5.56 Å². The summed E-state index contributed by atoms with van der Waals surface area (Å²) in [5.74, 6) is -1.10. The number of hydrogen-bond acceptors (Lipinski definition) is 5. The minimum Gasteiger partial charge on any atom is -0.308 e. The Kier molecular flexibility index (Phi) is 6.59. The molecule has 0 aliphatic carbocycles. The molecule has 0 saturated heterocycles. The Balaban J connectivity index is 3.41. The maximum absolute atomic E-state index is 13.0. The highest BCUT2D eigenvalue weighted by Crippen LogP contribution is 2.63. The van der Waals surface area contributed by atoms with Crippen molar-refractivity contribution in [3.63, 3.8) is 0 Å². The van der Waals surface area contributed by atoms with Crippen LogP contribution in [0.5, 0.6) is 0 Å². The molecule has 0 spiro atoms. The molecule has 0 radical (unpaired) electrons. The van der Waals surface area contributed by atoms with Crippen molar-refractivity contribution in [2.24, 2.45) is 5.92 Å². The van der Waals surface area contributed by atoms with Crippen molar-refractivity contribution < 1.29 is 13.6 Å². The van der Waals surface area contributed by atoms with E-state index in [1.807, 2.05) is 25.1 Å². The molecule has 0 aliphatic heterocycles. The van der Waals surface area contributed by atoms with Crippen LogP contribution in [0.15, 0.2) is 24.3 Å². The molecule has 1 aromatic carbocycles. The first-order valence-corrected chi connectivity index (χ1v) is 8.38. The Morgan fingerprint density at radius 1 is 1.19 bits per heavy atom. The Morgan fingerprint density at radius 2 is 1.76 bits per heavy atom. The molecule has 112 valence electrons. The van der Waals surface area contributed by atoms with Crippen LogP contribution in [-0.4, -0.2) is 13.2 Å². The molecule has 0 aromatic heterocycles. The van der Waals surface area contributed by atoms with Crippen molar-refractivity contribution in [2.75, 3.05) is 13.2 Å². The fraction of sp³-hybridized carbons (Fsp3) is 0.467. The predicted octanol–water partition coefficient (Wildman–Crippen LogP) is 3.97. The van der Waals surface area contributed by atoms with Crippen LogP contribution in [0.25, 0.3) is 0 Å². The topological polar surface area (TPSA) is 83.1 Å². The van der Waals surface area contributed by atoms with Gasteiger partial charge in [-0.05, 0) is 26.3 Å². The van der Waals surface area contributed by atoms with E-state index < -0.39 is 19.2 Å². The molecular weight excluding hydrogens is 287 g/mol. The third-order valence-electron chi connectivity index (χ3n) is 2.94. The zero-order valence-electron chi connectivity index (χ0n) is 12.4. The first-order chi connectivity index (χ1) is 10.0. The summed E-state index contributed by atoms with van der Waals surface area (Å²) >= 11 is 0. The van der Waals surface area contributed by atoms with Crippen molar-refractivity contribution in [1.82, 2.24) is 0 Å². The number of nitriles is 2. The molecule has 1 rings (SSSR count).